The van der Waals surface area contributed by atoms with Crippen molar-refractivity contribution in [2.24, 2.45) is 0 Å². The Morgan fingerprint density at radius 2 is 2.06 bits per heavy atom. The monoisotopic (exact) mass is 236 g/mol. The van der Waals surface area contributed by atoms with Gasteiger partial charge in [0.1, 0.15) is 5.75 Å². The van der Waals surface area contributed by atoms with E-state index in [0.29, 0.717) is 6.42 Å². The summed E-state index contributed by atoms with van der Waals surface area (Å²) < 4.78 is 5.69. The predicted molar refractivity (Wildman–Crippen MR) is 71.5 cm³/mol. The van der Waals surface area contributed by atoms with Gasteiger partial charge in [-0.3, -0.25) is 0 Å². The number of aliphatic hydroxyl groups excluding tert-OH is 1. The van der Waals surface area contributed by atoms with Gasteiger partial charge in [-0.25, -0.2) is 0 Å². The van der Waals surface area contributed by atoms with E-state index in [-0.39, 0.29) is 6.10 Å². The molecule has 17 heavy (non-hydrogen) atoms. The Hall–Kier alpha value is -1.02. The van der Waals surface area contributed by atoms with Crippen molar-refractivity contribution in [3.05, 3.63) is 29.8 Å². The van der Waals surface area contributed by atoms with Gasteiger partial charge < -0.3 is 9.84 Å². The molecule has 0 aromatic heterocycles. The van der Waals surface area contributed by atoms with Gasteiger partial charge in [0.15, 0.2) is 0 Å². The summed E-state index contributed by atoms with van der Waals surface area (Å²) >= 11 is 0. The van der Waals surface area contributed by atoms with Crippen LogP contribution >= 0.6 is 0 Å². The second-order valence-electron chi connectivity index (χ2n) is 4.61. The molecule has 0 spiro atoms. The zero-order chi connectivity index (χ0) is 12.5. The minimum Gasteiger partial charge on any atom is -0.494 e. The van der Waals surface area contributed by atoms with Crippen molar-refractivity contribution in [2.45, 2.75) is 52.1 Å². The zero-order valence-corrected chi connectivity index (χ0v) is 11.0. The Morgan fingerprint density at radius 1 is 1.24 bits per heavy atom. The Bertz CT molecular complexity index is 308. The van der Waals surface area contributed by atoms with Gasteiger partial charge in [-0.1, -0.05) is 38.3 Å². The molecule has 0 saturated carbocycles. The third-order valence-electron chi connectivity index (χ3n) is 2.70. The summed E-state index contributed by atoms with van der Waals surface area (Å²) in [7, 11) is 0. The van der Waals surface area contributed by atoms with E-state index in [4.69, 9.17) is 4.74 Å². The molecule has 0 fully saturated rings. The van der Waals surface area contributed by atoms with Crippen LogP contribution in [-0.2, 0) is 6.42 Å². The van der Waals surface area contributed by atoms with Crippen LogP contribution in [0.3, 0.4) is 0 Å². The molecule has 1 aromatic rings. The summed E-state index contributed by atoms with van der Waals surface area (Å²) in [4.78, 5) is 0. The lowest BCUT2D eigenvalue weighted by Crippen LogP contribution is -2.04. The van der Waals surface area contributed by atoms with Gasteiger partial charge in [0, 0.05) is 0 Å². The summed E-state index contributed by atoms with van der Waals surface area (Å²) in [5, 5.41) is 9.33. The van der Waals surface area contributed by atoms with Crippen LogP contribution in [0.1, 0.15) is 45.1 Å². The van der Waals surface area contributed by atoms with E-state index in [2.05, 4.69) is 6.92 Å². The molecule has 0 aliphatic heterocycles. The van der Waals surface area contributed by atoms with E-state index in [1.807, 2.05) is 24.3 Å². The van der Waals surface area contributed by atoms with Crippen LogP contribution in [0.25, 0.3) is 0 Å². The molecule has 0 bridgehead atoms. The van der Waals surface area contributed by atoms with Crippen LogP contribution in [0.5, 0.6) is 5.75 Å². The fourth-order valence-corrected chi connectivity index (χ4v) is 1.82. The lowest BCUT2D eigenvalue weighted by molar-refractivity contribution is 0.195. The summed E-state index contributed by atoms with van der Waals surface area (Å²) in [5.74, 6) is 0.916. The Balaban J connectivity index is 2.32. The van der Waals surface area contributed by atoms with Gasteiger partial charge in [0.25, 0.3) is 0 Å². The van der Waals surface area contributed by atoms with E-state index < -0.39 is 0 Å². The molecule has 2 heteroatoms. The highest BCUT2D eigenvalue weighted by Crippen LogP contribution is 2.15. The van der Waals surface area contributed by atoms with Crippen molar-refractivity contribution in [1.82, 2.24) is 0 Å². The van der Waals surface area contributed by atoms with E-state index in [1.54, 1.807) is 6.92 Å². The average Bonchev–Trinajstić information content (AvgIpc) is 2.28. The summed E-state index contributed by atoms with van der Waals surface area (Å²) in [6.45, 7) is 4.80. The minimum absolute atomic E-state index is 0.296. The van der Waals surface area contributed by atoms with Gasteiger partial charge in [-0.15, -0.1) is 0 Å². The third kappa shape index (κ3) is 6.32. The van der Waals surface area contributed by atoms with Crippen molar-refractivity contribution in [1.29, 1.82) is 0 Å². The number of hydrogen-bond donors (Lipinski definition) is 1. The first-order valence-electron chi connectivity index (χ1n) is 6.62. The lowest BCUT2D eigenvalue weighted by atomic mass is 10.1. The number of hydrogen-bond acceptors (Lipinski definition) is 2. The molecule has 0 saturated heterocycles. The van der Waals surface area contributed by atoms with Crippen molar-refractivity contribution in [2.75, 3.05) is 6.61 Å². The molecule has 1 N–H and O–H groups in total. The third-order valence-corrected chi connectivity index (χ3v) is 2.70. The Labute approximate surface area is 105 Å². The van der Waals surface area contributed by atoms with Crippen molar-refractivity contribution in [3.63, 3.8) is 0 Å². The zero-order valence-electron chi connectivity index (χ0n) is 11.0. The molecule has 2 nitrogen and oxygen atoms in total. The predicted octanol–water partition coefficient (Wildman–Crippen LogP) is 3.57. The molecule has 1 atom stereocenters. The molecule has 0 radical (unpaired) electrons. The topological polar surface area (TPSA) is 29.5 Å². The van der Waals surface area contributed by atoms with E-state index in [1.165, 1.54) is 19.3 Å². The minimum atomic E-state index is -0.296. The van der Waals surface area contributed by atoms with Crippen molar-refractivity contribution in [3.8, 4) is 5.75 Å². The van der Waals surface area contributed by atoms with E-state index >= 15 is 0 Å². The van der Waals surface area contributed by atoms with Gasteiger partial charge in [-0.05, 0) is 37.5 Å². The molecule has 1 rings (SSSR count). The van der Waals surface area contributed by atoms with Crippen molar-refractivity contribution >= 4 is 0 Å². The molecular formula is C15H24O2. The van der Waals surface area contributed by atoms with Crippen LogP contribution in [-0.4, -0.2) is 17.8 Å². The maximum absolute atomic E-state index is 9.33. The molecule has 0 unspecified atom stereocenters. The standard InChI is InChI=1S/C15H24O2/c1-3-4-5-6-10-17-15-9-7-8-14(12-15)11-13(2)16/h7-9,12-13,16H,3-6,10-11H2,1-2H3/t13-/m0/s1. The molecule has 96 valence electrons. The summed E-state index contributed by atoms with van der Waals surface area (Å²) in [5.41, 5.74) is 1.13. The molecule has 0 aliphatic rings. The number of ether oxygens (including phenoxy) is 1. The number of unbranched alkanes of at least 4 members (excludes halogenated alkanes) is 3. The van der Waals surface area contributed by atoms with Crippen LogP contribution in [0.4, 0.5) is 0 Å². The van der Waals surface area contributed by atoms with Crippen LogP contribution < -0.4 is 4.74 Å². The fraction of sp³-hybridized carbons (Fsp3) is 0.600. The fourth-order valence-electron chi connectivity index (χ4n) is 1.82. The number of benzene rings is 1. The summed E-state index contributed by atoms with van der Waals surface area (Å²) in [6.07, 6.45) is 5.29. The van der Waals surface area contributed by atoms with E-state index in [0.717, 1.165) is 24.3 Å². The van der Waals surface area contributed by atoms with Gasteiger partial charge in [-0.2, -0.15) is 0 Å². The van der Waals surface area contributed by atoms with Crippen LogP contribution in [0.15, 0.2) is 24.3 Å². The highest BCUT2D eigenvalue weighted by molar-refractivity contribution is 5.28. The molecule has 1 aromatic carbocycles. The smallest absolute Gasteiger partial charge is 0.119 e. The molecule has 0 heterocycles. The van der Waals surface area contributed by atoms with Crippen molar-refractivity contribution < 1.29 is 9.84 Å². The average molecular weight is 236 g/mol. The number of rotatable bonds is 8. The largest absolute Gasteiger partial charge is 0.494 e. The molecular weight excluding hydrogens is 212 g/mol. The second kappa shape index (κ2) is 8.13. The van der Waals surface area contributed by atoms with Crippen LogP contribution in [0, 0.1) is 0 Å². The second-order valence-corrected chi connectivity index (χ2v) is 4.61. The highest BCUT2D eigenvalue weighted by Gasteiger charge is 2.00. The molecule has 0 amide bonds. The van der Waals surface area contributed by atoms with E-state index in [9.17, 15) is 5.11 Å². The Kier molecular flexibility index (Phi) is 6.71. The number of aliphatic hydroxyl groups is 1. The first kappa shape index (κ1) is 14.0. The normalized spacial score (nSPS) is 12.4. The Morgan fingerprint density at radius 3 is 2.76 bits per heavy atom. The maximum Gasteiger partial charge on any atom is 0.119 e. The van der Waals surface area contributed by atoms with Gasteiger partial charge in [0.05, 0.1) is 12.7 Å². The van der Waals surface area contributed by atoms with Crippen LogP contribution in [0.2, 0.25) is 0 Å². The van der Waals surface area contributed by atoms with Gasteiger partial charge >= 0.3 is 0 Å². The molecule has 0 aliphatic carbocycles. The quantitative estimate of drug-likeness (QED) is 0.699. The maximum atomic E-state index is 9.33. The SMILES string of the molecule is CCCCCCOc1cccc(C[C@H](C)O)c1. The first-order valence-corrected chi connectivity index (χ1v) is 6.62. The highest BCUT2D eigenvalue weighted by atomic mass is 16.5. The summed E-state index contributed by atoms with van der Waals surface area (Å²) in [6, 6.07) is 8.01. The first-order chi connectivity index (χ1) is 8.22. The lowest BCUT2D eigenvalue weighted by Gasteiger charge is -2.09. The van der Waals surface area contributed by atoms with Gasteiger partial charge in [0.2, 0.25) is 0 Å².